The Hall–Kier alpha value is -0.0800. The Morgan fingerprint density at radius 2 is 0.500 bits per heavy atom. The number of hydrogen-bond donors (Lipinski definition) is 0. The number of rotatable bonds is 5. The minimum Gasteiger partial charge on any atom is -0.235 e. The van der Waals surface area contributed by atoms with E-state index < -0.39 is 0 Å². The van der Waals surface area contributed by atoms with Crippen LogP contribution in [0.5, 0.6) is 0 Å². The van der Waals surface area contributed by atoms with Crippen molar-refractivity contribution in [2.75, 3.05) is 0 Å². The molecule has 0 aliphatic heterocycles. The van der Waals surface area contributed by atoms with Crippen LogP contribution in [0.2, 0.25) is 0 Å². The molecule has 0 spiro atoms. The minimum absolute atomic E-state index is 0.878. The van der Waals surface area contributed by atoms with Crippen LogP contribution in [-0.2, 0) is 0 Å². The molecule has 0 saturated heterocycles. The van der Waals surface area contributed by atoms with Crippen LogP contribution in [0.1, 0.15) is 116 Å². The topological polar surface area (TPSA) is 6.48 Å². The molecule has 24 heavy (non-hydrogen) atoms. The van der Waals surface area contributed by atoms with Crippen molar-refractivity contribution in [2.24, 2.45) is 0 Å². The van der Waals surface area contributed by atoms with Crippen molar-refractivity contribution >= 4 is 0 Å². The van der Waals surface area contributed by atoms with Gasteiger partial charge >= 0.3 is 0 Å². The van der Waals surface area contributed by atoms with Gasteiger partial charge in [0.15, 0.2) is 0 Å². The van der Waals surface area contributed by atoms with Gasteiger partial charge in [-0.2, -0.15) is 0 Å². The van der Waals surface area contributed by atoms with E-state index in [1.54, 1.807) is 0 Å². The zero-order chi connectivity index (χ0) is 16.2. The molecule has 4 fully saturated rings. The lowest BCUT2D eigenvalue weighted by molar-refractivity contribution is -0.158. The molecule has 0 aromatic heterocycles. The van der Waals surface area contributed by atoms with Crippen LogP contribution in [0.25, 0.3) is 0 Å². The van der Waals surface area contributed by atoms with Crippen LogP contribution in [-0.4, -0.2) is 34.2 Å². The highest BCUT2D eigenvalue weighted by molar-refractivity contribution is 4.90. The lowest BCUT2D eigenvalue weighted by Crippen LogP contribution is -2.60. The summed E-state index contributed by atoms with van der Waals surface area (Å²) < 4.78 is 0. The molecule has 0 amide bonds. The summed E-state index contributed by atoms with van der Waals surface area (Å²) in [4.78, 5) is 0. The quantitative estimate of drug-likeness (QED) is 0.565. The molecule has 2 nitrogen and oxygen atoms in total. The third-order valence-electron chi connectivity index (χ3n) is 7.56. The summed E-state index contributed by atoms with van der Waals surface area (Å²) in [6.45, 7) is 0. The Labute approximate surface area is 150 Å². The van der Waals surface area contributed by atoms with Crippen LogP contribution >= 0.6 is 0 Å². The summed E-state index contributed by atoms with van der Waals surface area (Å²) in [5.74, 6) is 0. The molecule has 4 aliphatic carbocycles. The first kappa shape index (κ1) is 17.3. The van der Waals surface area contributed by atoms with Crippen molar-refractivity contribution in [1.29, 1.82) is 0 Å². The highest BCUT2D eigenvalue weighted by atomic mass is 15.7. The largest absolute Gasteiger partial charge is 0.235 e. The molecule has 0 heterocycles. The van der Waals surface area contributed by atoms with Crippen molar-refractivity contribution in [3.63, 3.8) is 0 Å². The summed E-state index contributed by atoms with van der Waals surface area (Å²) in [7, 11) is 0. The average molecular weight is 333 g/mol. The van der Waals surface area contributed by atoms with Crippen molar-refractivity contribution in [1.82, 2.24) is 10.0 Å². The van der Waals surface area contributed by atoms with E-state index in [9.17, 15) is 0 Å². The van der Waals surface area contributed by atoms with E-state index in [0.29, 0.717) is 0 Å². The summed E-state index contributed by atoms with van der Waals surface area (Å²) in [6, 6.07) is 3.53. The molecular weight excluding hydrogens is 292 g/mol. The Morgan fingerprint density at radius 1 is 0.292 bits per heavy atom. The summed E-state index contributed by atoms with van der Waals surface area (Å²) >= 11 is 0. The van der Waals surface area contributed by atoms with Gasteiger partial charge in [-0.15, -0.1) is 0 Å². The molecule has 4 saturated carbocycles. The molecule has 0 aromatic carbocycles. The van der Waals surface area contributed by atoms with Crippen LogP contribution in [0, 0.1) is 0 Å². The Bertz CT molecular complexity index is 324. The first-order chi connectivity index (χ1) is 11.9. The highest BCUT2D eigenvalue weighted by Crippen LogP contribution is 2.39. The smallest absolute Gasteiger partial charge is 0.0249 e. The van der Waals surface area contributed by atoms with Gasteiger partial charge in [-0.3, -0.25) is 0 Å². The molecule has 4 rings (SSSR count). The second-order valence-corrected chi connectivity index (χ2v) is 9.22. The van der Waals surface area contributed by atoms with Gasteiger partial charge in [-0.25, -0.2) is 10.0 Å². The number of nitrogens with zero attached hydrogens (tertiary/aromatic N) is 2. The zero-order valence-corrected chi connectivity index (χ0v) is 15.9. The van der Waals surface area contributed by atoms with Gasteiger partial charge in [-0.1, -0.05) is 64.2 Å². The van der Waals surface area contributed by atoms with E-state index in [4.69, 9.17) is 0 Å². The summed E-state index contributed by atoms with van der Waals surface area (Å²) in [6.07, 6.45) is 26.7. The minimum atomic E-state index is 0.878. The summed E-state index contributed by atoms with van der Waals surface area (Å²) in [5, 5.41) is 6.14. The Balaban J connectivity index is 1.58. The van der Waals surface area contributed by atoms with E-state index >= 15 is 0 Å². The molecule has 0 atom stereocenters. The third-order valence-corrected chi connectivity index (χ3v) is 7.56. The molecule has 0 radical (unpaired) electrons. The predicted molar refractivity (Wildman–Crippen MR) is 102 cm³/mol. The Kier molecular flexibility index (Phi) is 6.17. The average Bonchev–Trinajstić information content (AvgIpc) is 3.35. The van der Waals surface area contributed by atoms with Crippen molar-refractivity contribution < 1.29 is 0 Å². The molecule has 138 valence electrons. The monoisotopic (exact) mass is 332 g/mol. The first-order valence-electron chi connectivity index (χ1n) is 11.5. The lowest BCUT2D eigenvalue weighted by atomic mass is 9.89. The molecule has 0 N–H and O–H groups in total. The van der Waals surface area contributed by atoms with E-state index in [0.717, 1.165) is 24.2 Å². The SMILES string of the molecule is C1CCC(N(C2CCCCC2)N(C2CCCC2)C2CCCC2)CC1. The maximum atomic E-state index is 3.07. The zero-order valence-electron chi connectivity index (χ0n) is 15.9. The fraction of sp³-hybridized carbons (Fsp3) is 1.00. The van der Waals surface area contributed by atoms with Gasteiger partial charge < -0.3 is 0 Å². The van der Waals surface area contributed by atoms with Gasteiger partial charge in [0.1, 0.15) is 0 Å². The van der Waals surface area contributed by atoms with Gasteiger partial charge in [0, 0.05) is 24.2 Å². The van der Waals surface area contributed by atoms with E-state index in [1.807, 2.05) is 0 Å². The molecule has 0 unspecified atom stereocenters. The standard InChI is InChI=1S/C22H40N2/c1-3-11-19(12-4-1)23(20-13-5-2-6-14-20)24(21-15-7-8-16-21)22-17-9-10-18-22/h19-22H,1-18H2. The number of hydrazine groups is 1. The van der Waals surface area contributed by atoms with Crippen LogP contribution < -0.4 is 0 Å². The first-order valence-corrected chi connectivity index (χ1v) is 11.5. The van der Waals surface area contributed by atoms with Crippen LogP contribution in [0.3, 0.4) is 0 Å². The van der Waals surface area contributed by atoms with Crippen LogP contribution in [0.15, 0.2) is 0 Å². The molecule has 4 aliphatic rings. The highest BCUT2D eigenvalue weighted by Gasteiger charge is 2.40. The molecule has 0 bridgehead atoms. The Morgan fingerprint density at radius 3 is 0.750 bits per heavy atom. The van der Waals surface area contributed by atoms with Gasteiger partial charge in [0.05, 0.1) is 0 Å². The van der Waals surface area contributed by atoms with E-state index in [2.05, 4.69) is 10.0 Å². The second kappa shape index (κ2) is 8.54. The molecule has 2 heteroatoms. The van der Waals surface area contributed by atoms with Crippen LogP contribution in [0.4, 0.5) is 0 Å². The summed E-state index contributed by atoms with van der Waals surface area (Å²) in [5.41, 5.74) is 0. The van der Waals surface area contributed by atoms with Gasteiger partial charge in [-0.05, 0) is 51.4 Å². The number of hydrogen-bond acceptors (Lipinski definition) is 2. The van der Waals surface area contributed by atoms with E-state index in [1.165, 1.54) is 116 Å². The lowest BCUT2D eigenvalue weighted by Gasteiger charge is -2.52. The maximum absolute atomic E-state index is 3.07. The van der Waals surface area contributed by atoms with Crippen molar-refractivity contribution in [2.45, 2.75) is 140 Å². The van der Waals surface area contributed by atoms with Crippen molar-refractivity contribution in [3.8, 4) is 0 Å². The molecular formula is C22H40N2. The maximum Gasteiger partial charge on any atom is 0.0249 e. The van der Waals surface area contributed by atoms with E-state index in [-0.39, 0.29) is 0 Å². The fourth-order valence-electron chi connectivity index (χ4n) is 6.38. The van der Waals surface area contributed by atoms with Gasteiger partial charge in [0.2, 0.25) is 0 Å². The second-order valence-electron chi connectivity index (χ2n) is 9.22. The third kappa shape index (κ3) is 3.85. The fourth-order valence-corrected chi connectivity index (χ4v) is 6.38. The van der Waals surface area contributed by atoms with Crippen molar-refractivity contribution in [3.05, 3.63) is 0 Å². The van der Waals surface area contributed by atoms with Gasteiger partial charge in [0.25, 0.3) is 0 Å². The normalized spacial score (nSPS) is 29.2. The molecule has 0 aromatic rings. The predicted octanol–water partition coefficient (Wildman–Crippen LogP) is 6.06.